The van der Waals surface area contributed by atoms with Crippen LogP contribution in [0, 0.1) is 12.8 Å². The molecule has 2 N–H and O–H groups in total. The molecule has 19 heavy (non-hydrogen) atoms. The van der Waals surface area contributed by atoms with Gasteiger partial charge in [0.1, 0.15) is 11.7 Å². The lowest BCUT2D eigenvalue weighted by atomic mass is 10.0. The van der Waals surface area contributed by atoms with Crippen LogP contribution in [0.2, 0.25) is 0 Å². The van der Waals surface area contributed by atoms with E-state index in [9.17, 15) is 9.59 Å². The number of rotatable bonds is 5. The number of hydrogen-bond acceptors (Lipinski definition) is 4. The number of carbonyl (C=O) groups excluding carboxylic acids is 2. The molecule has 6 nitrogen and oxygen atoms in total. The summed E-state index contributed by atoms with van der Waals surface area (Å²) in [5, 5.41) is 5.23. The Hall–Kier alpha value is -1.98. The van der Waals surface area contributed by atoms with E-state index < -0.39 is 6.04 Å². The average molecular weight is 264 g/mol. The highest BCUT2D eigenvalue weighted by Crippen LogP contribution is 2.06. The molecule has 6 heteroatoms. The number of nitrogens with zero attached hydrogens (tertiary/aromatic N) is 2. The Bertz CT molecular complexity index is 442. The highest BCUT2D eigenvalue weighted by atomic mass is 16.2. The van der Waals surface area contributed by atoms with Gasteiger partial charge >= 0.3 is 0 Å². The van der Waals surface area contributed by atoms with Crippen molar-refractivity contribution < 1.29 is 9.59 Å². The van der Waals surface area contributed by atoms with Crippen LogP contribution >= 0.6 is 0 Å². The minimum atomic E-state index is -0.555. The first kappa shape index (κ1) is 15.1. The van der Waals surface area contributed by atoms with Crippen LogP contribution in [0.25, 0.3) is 0 Å². The van der Waals surface area contributed by atoms with Crippen LogP contribution in [0.4, 0.5) is 0 Å². The second-order valence-corrected chi connectivity index (χ2v) is 4.81. The highest BCUT2D eigenvalue weighted by Gasteiger charge is 2.22. The molecule has 1 aromatic rings. The van der Waals surface area contributed by atoms with Gasteiger partial charge in [-0.1, -0.05) is 13.8 Å². The molecular weight excluding hydrogens is 244 g/mol. The monoisotopic (exact) mass is 264 g/mol. The molecule has 1 heterocycles. The zero-order valence-corrected chi connectivity index (χ0v) is 11.7. The van der Waals surface area contributed by atoms with E-state index in [4.69, 9.17) is 0 Å². The lowest BCUT2D eigenvalue weighted by Crippen LogP contribution is -2.46. The quantitative estimate of drug-likeness (QED) is 0.819. The summed E-state index contributed by atoms with van der Waals surface area (Å²) in [6.07, 6.45) is 3.50. The number of amides is 2. The SMILES string of the molecule is CNC(=O)[C@H](CC(C)C)NC(=O)c1cnc(C)cn1. The second-order valence-electron chi connectivity index (χ2n) is 4.81. The summed E-state index contributed by atoms with van der Waals surface area (Å²) >= 11 is 0. The van der Waals surface area contributed by atoms with Gasteiger partial charge in [0.05, 0.1) is 11.9 Å². The lowest BCUT2D eigenvalue weighted by Gasteiger charge is -2.18. The Morgan fingerprint density at radius 3 is 2.42 bits per heavy atom. The Kier molecular flexibility index (Phi) is 5.41. The van der Waals surface area contributed by atoms with Crippen LogP contribution < -0.4 is 10.6 Å². The number of hydrogen-bond donors (Lipinski definition) is 2. The molecule has 1 aromatic heterocycles. The third-order valence-corrected chi connectivity index (χ3v) is 2.59. The Labute approximate surface area is 113 Å². The van der Waals surface area contributed by atoms with Crippen LogP contribution in [0.1, 0.15) is 36.5 Å². The molecule has 0 saturated heterocycles. The molecule has 2 amide bonds. The molecule has 104 valence electrons. The summed E-state index contributed by atoms with van der Waals surface area (Å²) in [5.41, 5.74) is 0.949. The van der Waals surface area contributed by atoms with E-state index in [1.165, 1.54) is 12.4 Å². The van der Waals surface area contributed by atoms with Crippen LogP contribution in [-0.4, -0.2) is 34.9 Å². The van der Waals surface area contributed by atoms with E-state index in [2.05, 4.69) is 20.6 Å². The Balaban J connectivity index is 2.75. The van der Waals surface area contributed by atoms with Gasteiger partial charge in [-0.15, -0.1) is 0 Å². The third-order valence-electron chi connectivity index (χ3n) is 2.59. The first-order valence-electron chi connectivity index (χ1n) is 6.25. The number of aromatic nitrogens is 2. The van der Waals surface area contributed by atoms with Gasteiger partial charge in [-0.05, 0) is 19.3 Å². The van der Waals surface area contributed by atoms with Gasteiger partial charge in [-0.25, -0.2) is 4.98 Å². The van der Waals surface area contributed by atoms with Crippen molar-refractivity contribution in [1.29, 1.82) is 0 Å². The molecule has 0 aromatic carbocycles. The number of nitrogens with one attached hydrogen (secondary N) is 2. The van der Waals surface area contributed by atoms with Gasteiger partial charge < -0.3 is 10.6 Å². The predicted octanol–water partition coefficient (Wildman–Crippen LogP) is 0.676. The molecular formula is C13H20N4O2. The van der Waals surface area contributed by atoms with E-state index in [0.717, 1.165) is 5.69 Å². The largest absolute Gasteiger partial charge is 0.357 e. The van der Waals surface area contributed by atoms with E-state index in [0.29, 0.717) is 12.3 Å². The molecule has 0 radical (unpaired) electrons. The summed E-state index contributed by atoms with van der Waals surface area (Å²) in [5.74, 6) is -0.296. The van der Waals surface area contributed by atoms with Gasteiger partial charge in [0.25, 0.3) is 5.91 Å². The second kappa shape index (κ2) is 6.82. The normalized spacial score (nSPS) is 12.1. The summed E-state index contributed by atoms with van der Waals surface area (Å²) < 4.78 is 0. The zero-order valence-electron chi connectivity index (χ0n) is 11.7. The summed E-state index contributed by atoms with van der Waals surface area (Å²) in [7, 11) is 1.55. The Morgan fingerprint density at radius 1 is 1.26 bits per heavy atom. The molecule has 0 spiro atoms. The average Bonchev–Trinajstić information content (AvgIpc) is 2.37. The number of carbonyl (C=O) groups is 2. The molecule has 0 aliphatic carbocycles. The zero-order chi connectivity index (χ0) is 14.4. The van der Waals surface area contributed by atoms with Crippen molar-refractivity contribution in [1.82, 2.24) is 20.6 Å². The summed E-state index contributed by atoms with van der Waals surface area (Å²) in [6, 6.07) is -0.555. The molecule has 0 aliphatic rings. The Morgan fingerprint density at radius 2 is 1.95 bits per heavy atom. The van der Waals surface area contributed by atoms with Crippen LogP contribution in [0.3, 0.4) is 0 Å². The van der Waals surface area contributed by atoms with Crippen LogP contribution in [-0.2, 0) is 4.79 Å². The van der Waals surface area contributed by atoms with Gasteiger partial charge in [0.15, 0.2) is 0 Å². The van der Waals surface area contributed by atoms with Gasteiger partial charge in [0, 0.05) is 13.2 Å². The van der Waals surface area contributed by atoms with E-state index >= 15 is 0 Å². The smallest absolute Gasteiger partial charge is 0.272 e. The molecule has 0 saturated carbocycles. The van der Waals surface area contributed by atoms with Crippen molar-refractivity contribution in [3.8, 4) is 0 Å². The lowest BCUT2D eigenvalue weighted by molar-refractivity contribution is -0.122. The first-order valence-corrected chi connectivity index (χ1v) is 6.25. The maximum atomic E-state index is 12.0. The minimum absolute atomic E-state index is 0.206. The molecule has 0 fully saturated rings. The van der Waals surface area contributed by atoms with Crippen LogP contribution in [0.5, 0.6) is 0 Å². The van der Waals surface area contributed by atoms with Crippen LogP contribution in [0.15, 0.2) is 12.4 Å². The van der Waals surface area contributed by atoms with Crippen molar-refractivity contribution in [2.24, 2.45) is 5.92 Å². The number of aryl methyl sites for hydroxylation is 1. The maximum absolute atomic E-state index is 12.0. The molecule has 0 unspecified atom stereocenters. The van der Waals surface area contributed by atoms with Crippen molar-refractivity contribution in [2.75, 3.05) is 7.05 Å². The van der Waals surface area contributed by atoms with Crippen molar-refractivity contribution in [3.63, 3.8) is 0 Å². The standard InChI is InChI=1S/C13H20N4O2/c1-8(2)5-10(12(18)14-4)17-13(19)11-7-15-9(3)6-16-11/h6-8,10H,5H2,1-4H3,(H,14,18)(H,17,19)/t10-/m0/s1. The number of likely N-dealkylation sites (N-methyl/N-ethyl adjacent to an activating group) is 1. The van der Waals surface area contributed by atoms with E-state index in [1.54, 1.807) is 14.0 Å². The predicted molar refractivity (Wildman–Crippen MR) is 71.5 cm³/mol. The summed E-state index contributed by atoms with van der Waals surface area (Å²) in [4.78, 5) is 31.7. The molecule has 0 bridgehead atoms. The minimum Gasteiger partial charge on any atom is -0.357 e. The molecule has 0 aliphatic heterocycles. The third kappa shape index (κ3) is 4.65. The fourth-order valence-corrected chi connectivity index (χ4v) is 1.62. The van der Waals surface area contributed by atoms with Gasteiger partial charge in [-0.3, -0.25) is 14.6 Å². The topological polar surface area (TPSA) is 84.0 Å². The first-order chi connectivity index (χ1) is 8.93. The molecule has 1 atom stereocenters. The molecule has 1 rings (SSSR count). The van der Waals surface area contributed by atoms with Crippen molar-refractivity contribution >= 4 is 11.8 Å². The van der Waals surface area contributed by atoms with E-state index in [-0.39, 0.29) is 17.5 Å². The van der Waals surface area contributed by atoms with E-state index in [1.807, 2.05) is 13.8 Å². The van der Waals surface area contributed by atoms with Gasteiger partial charge in [-0.2, -0.15) is 0 Å². The van der Waals surface area contributed by atoms with Crippen molar-refractivity contribution in [3.05, 3.63) is 23.8 Å². The van der Waals surface area contributed by atoms with Crippen molar-refractivity contribution in [2.45, 2.75) is 33.2 Å². The highest BCUT2D eigenvalue weighted by molar-refractivity contribution is 5.95. The summed E-state index contributed by atoms with van der Waals surface area (Å²) in [6.45, 7) is 5.78. The fourth-order valence-electron chi connectivity index (χ4n) is 1.62. The fraction of sp³-hybridized carbons (Fsp3) is 0.538. The van der Waals surface area contributed by atoms with Gasteiger partial charge in [0.2, 0.25) is 5.91 Å². The maximum Gasteiger partial charge on any atom is 0.272 e.